The normalized spacial score (nSPS) is 12.8. The van der Waals surface area contributed by atoms with Gasteiger partial charge in [-0.25, -0.2) is 0 Å². The van der Waals surface area contributed by atoms with E-state index in [9.17, 15) is 4.57 Å². The van der Waals surface area contributed by atoms with Gasteiger partial charge in [0.05, 0.1) is 0 Å². The quantitative estimate of drug-likeness (QED) is 0.667. The van der Waals surface area contributed by atoms with Crippen LogP contribution in [0.15, 0.2) is 30.3 Å². The summed E-state index contributed by atoms with van der Waals surface area (Å²) < 4.78 is 10.6. The summed E-state index contributed by atoms with van der Waals surface area (Å²) in [6.45, 7) is 0. The van der Waals surface area contributed by atoms with Crippen LogP contribution in [0, 0.1) is 0 Å². The van der Waals surface area contributed by atoms with Gasteiger partial charge in [-0.3, -0.25) is 0 Å². The first kappa shape index (κ1) is 8.83. The third-order valence-electron chi connectivity index (χ3n) is 1.45. The predicted molar refractivity (Wildman–Crippen MR) is 49.9 cm³/mol. The lowest BCUT2D eigenvalue weighted by Crippen LogP contribution is -1.84. The van der Waals surface area contributed by atoms with E-state index in [-0.39, 0.29) is 0 Å². The molecule has 0 N–H and O–H groups in total. The van der Waals surface area contributed by atoms with Crippen molar-refractivity contribution in [3.63, 3.8) is 0 Å². The van der Waals surface area contributed by atoms with E-state index in [1.807, 2.05) is 30.3 Å². The first-order chi connectivity index (χ1) is 5.29. The zero-order chi connectivity index (χ0) is 8.10. The van der Waals surface area contributed by atoms with Gasteiger partial charge in [0.15, 0.2) is 7.15 Å². The Labute approximate surface area is 72.0 Å². The van der Waals surface area contributed by atoms with Gasteiger partial charge in [0.1, 0.15) is 0 Å². The van der Waals surface area contributed by atoms with E-state index in [4.69, 9.17) is 11.2 Å². The van der Waals surface area contributed by atoms with Crippen LogP contribution in [0.4, 0.5) is 0 Å². The largest absolute Gasteiger partial charge is 0.310 e. The number of halogens is 1. The van der Waals surface area contributed by atoms with E-state index >= 15 is 0 Å². The summed E-state index contributed by atoms with van der Waals surface area (Å²) in [4.78, 5) is 0. The summed E-state index contributed by atoms with van der Waals surface area (Å²) in [5, 5.41) is 0. The van der Waals surface area contributed by atoms with Crippen LogP contribution < -0.4 is 0 Å². The summed E-state index contributed by atoms with van der Waals surface area (Å²) in [6.07, 6.45) is 1.43. The summed E-state index contributed by atoms with van der Waals surface area (Å²) in [6, 6.07) is 9.94. The van der Waals surface area contributed by atoms with Crippen LogP contribution in [-0.2, 0) is 11.0 Å². The molecule has 1 nitrogen and oxygen atoms in total. The number of hydrogen-bond donors (Lipinski definition) is 0. The second kappa shape index (κ2) is 4.58. The zero-order valence-corrected chi connectivity index (χ0v) is 7.84. The molecule has 0 aliphatic carbocycles. The molecule has 60 valence electrons. The molecule has 0 bridgehead atoms. The molecule has 0 spiro atoms. The monoisotopic (exact) mass is 188 g/mol. The summed E-state index contributed by atoms with van der Waals surface area (Å²) >= 11 is 5.37. The molecule has 0 fully saturated rings. The molecule has 0 aliphatic rings. The van der Waals surface area contributed by atoms with Crippen LogP contribution in [0.1, 0.15) is 5.56 Å². The fourth-order valence-electron chi connectivity index (χ4n) is 0.887. The summed E-state index contributed by atoms with van der Waals surface area (Å²) in [5.41, 5.74) is 1.20. The Morgan fingerprint density at radius 3 is 2.45 bits per heavy atom. The smallest absolute Gasteiger partial charge is 0.158 e. The third kappa shape index (κ3) is 3.60. The third-order valence-corrected chi connectivity index (χ3v) is 2.66. The Kier molecular flexibility index (Phi) is 3.68. The van der Waals surface area contributed by atoms with Gasteiger partial charge in [0, 0.05) is 6.16 Å². The molecular formula is C8H10ClOP. The van der Waals surface area contributed by atoms with Crippen LogP contribution in [-0.4, -0.2) is 6.16 Å². The lowest BCUT2D eigenvalue weighted by molar-refractivity contribution is 0.595. The summed E-state index contributed by atoms with van der Waals surface area (Å²) in [5.74, 6) is 0. The highest BCUT2D eigenvalue weighted by Gasteiger charge is 1.94. The molecular weight excluding hydrogens is 179 g/mol. The second-order valence-electron chi connectivity index (χ2n) is 2.34. The van der Waals surface area contributed by atoms with Crippen molar-refractivity contribution in [2.75, 3.05) is 6.16 Å². The molecule has 1 aromatic carbocycles. The Morgan fingerprint density at radius 2 is 1.91 bits per heavy atom. The summed E-state index contributed by atoms with van der Waals surface area (Å²) in [7, 11) is -1.81. The van der Waals surface area contributed by atoms with Crippen molar-refractivity contribution in [1.82, 2.24) is 0 Å². The maximum Gasteiger partial charge on any atom is 0.158 e. The van der Waals surface area contributed by atoms with Crippen molar-refractivity contribution in [2.45, 2.75) is 6.42 Å². The maximum atomic E-state index is 10.6. The molecule has 1 aromatic rings. The second-order valence-corrected chi connectivity index (χ2v) is 4.82. The number of aryl methyl sites for hydroxylation is 1. The minimum atomic E-state index is -1.81. The lowest BCUT2D eigenvalue weighted by Gasteiger charge is -1.95. The molecule has 0 heterocycles. The lowest BCUT2D eigenvalue weighted by atomic mass is 10.2. The number of benzene rings is 1. The SMILES string of the molecule is O=[PH](Cl)CCc1ccccc1. The molecule has 0 saturated heterocycles. The van der Waals surface area contributed by atoms with E-state index in [1.54, 1.807) is 0 Å². The van der Waals surface area contributed by atoms with Crippen LogP contribution in [0.5, 0.6) is 0 Å². The topological polar surface area (TPSA) is 17.1 Å². The highest BCUT2D eigenvalue weighted by atomic mass is 35.7. The fourth-order valence-corrected chi connectivity index (χ4v) is 1.66. The minimum absolute atomic E-state index is 0.607. The van der Waals surface area contributed by atoms with Crippen LogP contribution in [0.2, 0.25) is 0 Å². The van der Waals surface area contributed by atoms with Gasteiger partial charge in [0.2, 0.25) is 0 Å². The molecule has 1 atom stereocenters. The van der Waals surface area contributed by atoms with Gasteiger partial charge in [-0.15, -0.1) is 0 Å². The van der Waals surface area contributed by atoms with E-state index in [0.29, 0.717) is 6.16 Å². The Hall–Kier alpha value is -0.260. The van der Waals surface area contributed by atoms with E-state index in [0.717, 1.165) is 6.42 Å². The van der Waals surface area contributed by atoms with Crippen molar-refractivity contribution in [2.24, 2.45) is 0 Å². The predicted octanol–water partition coefficient (Wildman–Crippen LogP) is 2.94. The number of rotatable bonds is 3. The molecule has 0 radical (unpaired) electrons. The molecule has 1 rings (SSSR count). The first-order valence-electron chi connectivity index (χ1n) is 3.51. The molecule has 3 heteroatoms. The Balaban J connectivity index is 2.45. The van der Waals surface area contributed by atoms with Gasteiger partial charge < -0.3 is 4.57 Å². The molecule has 0 amide bonds. The Morgan fingerprint density at radius 1 is 1.27 bits per heavy atom. The van der Waals surface area contributed by atoms with Crippen LogP contribution in [0.25, 0.3) is 0 Å². The molecule has 0 aliphatic heterocycles. The van der Waals surface area contributed by atoms with Crippen molar-refractivity contribution in [1.29, 1.82) is 0 Å². The average molecular weight is 189 g/mol. The van der Waals surface area contributed by atoms with Crippen molar-refractivity contribution in [3.8, 4) is 0 Å². The van der Waals surface area contributed by atoms with Crippen molar-refractivity contribution >= 4 is 18.4 Å². The highest BCUT2D eigenvalue weighted by Crippen LogP contribution is 2.26. The first-order valence-corrected chi connectivity index (χ1v) is 6.14. The van der Waals surface area contributed by atoms with Gasteiger partial charge in [-0.05, 0) is 12.0 Å². The molecule has 0 aromatic heterocycles. The van der Waals surface area contributed by atoms with Crippen molar-refractivity contribution in [3.05, 3.63) is 35.9 Å². The molecule has 11 heavy (non-hydrogen) atoms. The molecule has 1 unspecified atom stereocenters. The Bertz CT molecular complexity index is 235. The van der Waals surface area contributed by atoms with Crippen LogP contribution in [0.3, 0.4) is 0 Å². The standard InChI is InChI=1S/C8H10ClOP/c9-11(10)7-6-8-4-2-1-3-5-8/h1-5,11H,6-7H2. The van der Waals surface area contributed by atoms with Gasteiger partial charge in [0.25, 0.3) is 0 Å². The number of hydrogen-bond acceptors (Lipinski definition) is 1. The molecule has 0 saturated carbocycles. The van der Waals surface area contributed by atoms with E-state index in [2.05, 4.69) is 0 Å². The average Bonchev–Trinajstić information content (AvgIpc) is 2.03. The van der Waals surface area contributed by atoms with Crippen LogP contribution >= 0.6 is 18.4 Å². The van der Waals surface area contributed by atoms with Gasteiger partial charge in [-0.2, -0.15) is 0 Å². The zero-order valence-electron chi connectivity index (χ0n) is 6.09. The van der Waals surface area contributed by atoms with Crippen molar-refractivity contribution < 1.29 is 4.57 Å². The van der Waals surface area contributed by atoms with Gasteiger partial charge in [-0.1, -0.05) is 41.6 Å². The van der Waals surface area contributed by atoms with Gasteiger partial charge >= 0.3 is 0 Å². The van der Waals surface area contributed by atoms with E-state index in [1.165, 1.54) is 5.56 Å². The maximum absolute atomic E-state index is 10.6. The van der Waals surface area contributed by atoms with E-state index < -0.39 is 7.15 Å². The highest BCUT2D eigenvalue weighted by molar-refractivity contribution is 7.73. The minimum Gasteiger partial charge on any atom is -0.310 e. The fraction of sp³-hybridized carbons (Fsp3) is 0.250.